The molecule has 0 bridgehead atoms. The minimum absolute atomic E-state index is 0.227. The summed E-state index contributed by atoms with van der Waals surface area (Å²) in [5, 5.41) is 6.29. The smallest absolute Gasteiger partial charge is 0.160 e. The Hall–Kier alpha value is -7.82. The Kier molecular flexibility index (Phi) is 8.01. The number of hydrogen-bond donors (Lipinski definition) is 0. The molecule has 1 aliphatic rings. The van der Waals surface area contributed by atoms with Crippen LogP contribution in [-0.2, 0) is 11.8 Å². The van der Waals surface area contributed by atoms with Gasteiger partial charge in [0.05, 0.1) is 33.6 Å². The molecule has 4 nitrogen and oxygen atoms in total. The fourth-order valence-electron chi connectivity index (χ4n) is 9.68. The van der Waals surface area contributed by atoms with E-state index in [0.717, 1.165) is 40.2 Å². The van der Waals surface area contributed by atoms with E-state index in [9.17, 15) is 0 Å². The number of allylic oxidation sites excluding steroid dienone is 1. The van der Waals surface area contributed by atoms with E-state index >= 15 is 0 Å². The Labute approximate surface area is 354 Å². The molecule has 12 rings (SSSR count). The van der Waals surface area contributed by atoms with Crippen molar-refractivity contribution in [1.29, 1.82) is 0 Å². The van der Waals surface area contributed by atoms with Gasteiger partial charge in [0.25, 0.3) is 0 Å². The van der Waals surface area contributed by atoms with Crippen molar-refractivity contribution in [2.75, 3.05) is 0 Å². The van der Waals surface area contributed by atoms with Crippen LogP contribution in [0.4, 0.5) is 0 Å². The van der Waals surface area contributed by atoms with Gasteiger partial charge in [-0.05, 0) is 71.6 Å². The number of nitrogens with zero attached hydrogens (tertiary/aromatic N) is 4. The topological polar surface area (TPSA) is 35.6 Å². The predicted octanol–water partition coefficient (Wildman–Crippen LogP) is 14.2. The van der Waals surface area contributed by atoms with E-state index in [4.69, 9.17) is 9.97 Å². The highest BCUT2D eigenvalue weighted by Crippen LogP contribution is 2.44. The predicted molar refractivity (Wildman–Crippen MR) is 254 cm³/mol. The van der Waals surface area contributed by atoms with Crippen LogP contribution in [0.25, 0.3) is 94.8 Å². The number of rotatable bonds is 6. The van der Waals surface area contributed by atoms with Crippen LogP contribution < -0.4 is 0 Å². The van der Waals surface area contributed by atoms with Crippen LogP contribution in [0.5, 0.6) is 0 Å². The summed E-state index contributed by atoms with van der Waals surface area (Å²) < 4.78 is 4.92. The van der Waals surface area contributed by atoms with Gasteiger partial charge in [0, 0.05) is 67.0 Å². The highest BCUT2D eigenvalue weighted by atomic mass is 15.0. The summed E-state index contributed by atoms with van der Waals surface area (Å²) in [5.41, 5.74) is 14.6. The molecule has 0 radical (unpaired) electrons. The van der Waals surface area contributed by atoms with Gasteiger partial charge in [0.15, 0.2) is 5.82 Å². The van der Waals surface area contributed by atoms with Crippen molar-refractivity contribution in [3.8, 4) is 45.3 Å². The standard InChI is InChI=1S/C57H40N4/c1-57(34-33-47-45-22-10-13-25-53(45)61(55(47)37-57)51-26-14-20-38-15-8-9-21-44(38)51)42-29-32-54-48(35-42)46-23-11-12-24-52(46)60(54)43-30-27-41(28-31-43)56-58-49(39-16-4-2-5-17-39)36-50(59-56)40-18-6-3-7-19-40/h2-36H,37H2,1H3. The molecule has 0 aliphatic heterocycles. The van der Waals surface area contributed by atoms with Gasteiger partial charge in [-0.1, -0.05) is 159 Å². The minimum atomic E-state index is -0.227. The molecule has 3 heterocycles. The first-order valence-electron chi connectivity index (χ1n) is 21.0. The maximum absolute atomic E-state index is 5.09. The molecule has 0 fully saturated rings. The molecule has 288 valence electrons. The van der Waals surface area contributed by atoms with Crippen molar-refractivity contribution in [1.82, 2.24) is 19.1 Å². The molecule has 0 amide bonds. The molecule has 1 aliphatic carbocycles. The molecular weight excluding hydrogens is 741 g/mol. The van der Waals surface area contributed by atoms with E-state index in [2.05, 4.69) is 216 Å². The maximum Gasteiger partial charge on any atom is 0.160 e. The fourth-order valence-corrected chi connectivity index (χ4v) is 9.68. The fraction of sp³-hybridized carbons (Fsp3) is 0.0526. The molecule has 0 spiro atoms. The van der Waals surface area contributed by atoms with E-state index in [0.29, 0.717) is 5.82 Å². The lowest BCUT2D eigenvalue weighted by molar-refractivity contribution is 0.574. The first-order valence-corrected chi connectivity index (χ1v) is 21.0. The highest BCUT2D eigenvalue weighted by molar-refractivity contribution is 6.09. The lowest BCUT2D eigenvalue weighted by atomic mass is 9.74. The molecule has 8 aromatic carbocycles. The Bertz CT molecular complexity index is 3440. The average Bonchev–Trinajstić information content (AvgIpc) is 3.83. The zero-order chi connectivity index (χ0) is 40.5. The van der Waals surface area contributed by atoms with Crippen LogP contribution in [-0.4, -0.2) is 19.1 Å². The van der Waals surface area contributed by atoms with Gasteiger partial charge in [-0.25, -0.2) is 9.97 Å². The van der Waals surface area contributed by atoms with Gasteiger partial charge in [-0.2, -0.15) is 0 Å². The lowest BCUT2D eigenvalue weighted by Crippen LogP contribution is -2.26. The van der Waals surface area contributed by atoms with Crippen LogP contribution in [0.1, 0.15) is 23.7 Å². The molecule has 61 heavy (non-hydrogen) atoms. The summed E-state index contributed by atoms with van der Waals surface area (Å²) in [6.45, 7) is 2.40. The molecule has 1 unspecified atom stereocenters. The molecule has 0 N–H and O–H groups in total. The second kappa shape index (κ2) is 13.9. The van der Waals surface area contributed by atoms with Crippen LogP contribution in [0, 0.1) is 0 Å². The summed E-state index contributed by atoms with van der Waals surface area (Å²) in [6, 6.07) is 71.7. The second-order valence-corrected chi connectivity index (χ2v) is 16.5. The number of benzene rings is 8. The second-order valence-electron chi connectivity index (χ2n) is 16.5. The van der Waals surface area contributed by atoms with E-state index in [1.54, 1.807) is 0 Å². The van der Waals surface area contributed by atoms with Crippen molar-refractivity contribution in [3.63, 3.8) is 0 Å². The molecule has 0 saturated heterocycles. The molecule has 1 atom stereocenters. The van der Waals surface area contributed by atoms with Gasteiger partial charge >= 0.3 is 0 Å². The summed E-state index contributed by atoms with van der Waals surface area (Å²) >= 11 is 0. The summed E-state index contributed by atoms with van der Waals surface area (Å²) in [4.78, 5) is 10.2. The van der Waals surface area contributed by atoms with Crippen LogP contribution in [0.15, 0.2) is 206 Å². The van der Waals surface area contributed by atoms with Crippen molar-refractivity contribution >= 4 is 49.6 Å². The van der Waals surface area contributed by atoms with Gasteiger partial charge < -0.3 is 9.13 Å². The summed E-state index contributed by atoms with van der Waals surface area (Å²) in [6.07, 6.45) is 5.69. The molecule has 11 aromatic rings. The van der Waals surface area contributed by atoms with E-state index in [1.165, 1.54) is 66.0 Å². The third-order valence-electron chi connectivity index (χ3n) is 12.8. The third kappa shape index (κ3) is 5.75. The molecular formula is C57H40N4. The third-order valence-corrected chi connectivity index (χ3v) is 12.8. The van der Waals surface area contributed by atoms with Gasteiger partial charge in [-0.15, -0.1) is 0 Å². The first kappa shape index (κ1) is 35.2. The zero-order valence-corrected chi connectivity index (χ0v) is 33.7. The van der Waals surface area contributed by atoms with Crippen molar-refractivity contribution in [3.05, 3.63) is 223 Å². The van der Waals surface area contributed by atoms with Crippen molar-refractivity contribution < 1.29 is 0 Å². The highest BCUT2D eigenvalue weighted by Gasteiger charge is 2.33. The zero-order valence-electron chi connectivity index (χ0n) is 33.7. The Morgan fingerprint density at radius 1 is 0.459 bits per heavy atom. The van der Waals surface area contributed by atoms with Crippen molar-refractivity contribution in [2.45, 2.75) is 18.8 Å². The number of fused-ring (bicyclic) bond motifs is 7. The maximum atomic E-state index is 5.09. The molecule has 4 heteroatoms. The number of aromatic nitrogens is 4. The monoisotopic (exact) mass is 780 g/mol. The van der Waals surface area contributed by atoms with Crippen LogP contribution in [0.2, 0.25) is 0 Å². The number of hydrogen-bond acceptors (Lipinski definition) is 2. The first-order chi connectivity index (χ1) is 30.1. The van der Waals surface area contributed by atoms with Gasteiger partial charge in [0.1, 0.15) is 0 Å². The van der Waals surface area contributed by atoms with Gasteiger partial charge in [0.2, 0.25) is 0 Å². The summed E-state index contributed by atoms with van der Waals surface area (Å²) in [5.74, 6) is 0.704. The quantitative estimate of drug-likeness (QED) is 0.168. The Morgan fingerprint density at radius 3 is 1.77 bits per heavy atom. The number of para-hydroxylation sites is 2. The van der Waals surface area contributed by atoms with Crippen molar-refractivity contribution in [2.24, 2.45) is 0 Å². The van der Waals surface area contributed by atoms with Crippen LogP contribution in [0.3, 0.4) is 0 Å². The minimum Gasteiger partial charge on any atom is -0.312 e. The largest absolute Gasteiger partial charge is 0.312 e. The Balaban J connectivity index is 0.948. The normalized spacial score (nSPS) is 14.9. The van der Waals surface area contributed by atoms with E-state index < -0.39 is 0 Å². The molecule has 3 aromatic heterocycles. The Morgan fingerprint density at radius 2 is 1.05 bits per heavy atom. The lowest BCUT2D eigenvalue weighted by Gasteiger charge is -2.31. The SMILES string of the molecule is CC1(c2ccc3c(c2)c2ccccc2n3-c2ccc(-c3nc(-c4ccccc4)cc(-c4ccccc4)n3)cc2)C=Cc2c(n(-c3cccc4ccccc34)c3ccccc23)C1. The van der Waals surface area contributed by atoms with Gasteiger partial charge in [-0.3, -0.25) is 0 Å². The summed E-state index contributed by atoms with van der Waals surface area (Å²) in [7, 11) is 0. The van der Waals surface area contributed by atoms with Crippen LogP contribution >= 0.6 is 0 Å². The van der Waals surface area contributed by atoms with E-state index in [-0.39, 0.29) is 5.41 Å². The average molecular weight is 781 g/mol. The van der Waals surface area contributed by atoms with E-state index in [1.807, 2.05) is 12.1 Å². The molecule has 0 saturated carbocycles.